The van der Waals surface area contributed by atoms with Gasteiger partial charge in [0.05, 0.1) is 10.6 Å². The summed E-state index contributed by atoms with van der Waals surface area (Å²) in [5.41, 5.74) is 0.509. The van der Waals surface area contributed by atoms with E-state index in [1.165, 1.54) is 0 Å². The number of aliphatic hydroxyl groups excluding tert-OH is 1. The van der Waals surface area contributed by atoms with Crippen LogP contribution in [0.5, 0.6) is 0 Å². The Morgan fingerprint density at radius 3 is 2.59 bits per heavy atom. The maximum absolute atomic E-state index is 12.4. The Labute approximate surface area is 135 Å². The molecule has 1 saturated heterocycles. The molecule has 6 heteroatoms. The van der Waals surface area contributed by atoms with Crippen molar-refractivity contribution in [2.75, 3.05) is 26.2 Å². The maximum atomic E-state index is 12.4. The number of hydrogen-bond donors (Lipinski definition) is 2. The third-order valence-electron chi connectivity index (χ3n) is 3.89. The van der Waals surface area contributed by atoms with Crippen LogP contribution in [0.25, 0.3) is 0 Å². The van der Waals surface area contributed by atoms with Gasteiger partial charge in [0.15, 0.2) is 0 Å². The molecule has 1 aromatic rings. The molecule has 2 amide bonds. The molecule has 1 aliphatic heterocycles. The number of rotatable bonds is 5. The second-order valence-electron chi connectivity index (χ2n) is 5.41. The summed E-state index contributed by atoms with van der Waals surface area (Å²) in [6.45, 7) is 1.68. The van der Waals surface area contributed by atoms with Crippen LogP contribution < -0.4 is 5.32 Å². The highest BCUT2D eigenvalue weighted by Gasteiger charge is 2.28. The monoisotopic (exact) mass is 324 g/mol. The van der Waals surface area contributed by atoms with Crippen LogP contribution >= 0.6 is 11.6 Å². The second-order valence-corrected chi connectivity index (χ2v) is 5.82. The highest BCUT2D eigenvalue weighted by atomic mass is 35.5. The smallest absolute Gasteiger partial charge is 0.255 e. The fourth-order valence-corrected chi connectivity index (χ4v) is 2.80. The van der Waals surface area contributed by atoms with Gasteiger partial charge in [0.1, 0.15) is 0 Å². The van der Waals surface area contributed by atoms with E-state index in [0.29, 0.717) is 49.5 Å². The summed E-state index contributed by atoms with van der Waals surface area (Å²) < 4.78 is 0. The molecule has 0 radical (unpaired) electrons. The zero-order chi connectivity index (χ0) is 15.9. The van der Waals surface area contributed by atoms with Gasteiger partial charge >= 0.3 is 0 Å². The molecule has 0 saturated carbocycles. The van der Waals surface area contributed by atoms with Crippen molar-refractivity contribution < 1.29 is 14.7 Å². The number of nitrogens with zero attached hydrogens (tertiary/aromatic N) is 1. The van der Waals surface area contributed by atoms with Crippen molar-refractivity contribution in [1.82, 2.24) is 10.2 Å². The van der Waals surface area contributed by atoms with Gasteiger partial charge in [0, 0.05) is 32.2 Å². The quantitative estimate of drug-likeness (QED) is 0.810. The van der Waals surface area contributed by atoms with E-state index in [-0.39, 0.29) is 24.3 Å². The molecule has 1 heterocycles. The molecule has 1 aromatic carbocycles. The molecule has 2 rings (SSSR count). The number of aliphatic hydroxyl groups is 1. The maximum Gasteiger partial charge on any atom is 0.255 e. The molecule has 1 aliphatic rings. The van der Waals surface area contributed by atoms with Crippen molar-refractivity contribution in [2.24, 2.45) is 5.92 Å². The number of carbonyl (C=O) groups excluding carboxylic acids is 2. The molecule has 0 aromatic heterocycles. The molecule has 22 heavy (non-hydrogen) atoms. The van der Waals surface area contributed by atoms with E-state index < -0.39 is 0 Å². The Morgan fingerprint density at radius 1 is 1.27 bits per heavy atom. The Hall–Kier alpha value is -1.59. The standard InChI is InChI=1S/C16H21ClN2O3/c17-14-5-2-1-4-13(14)16(22)19-9-6-12(7-10-19)15(21)18-8-3-11-20/h1-2,4-5,12,20H,3,6-11H2,(H,18,21). The highest BCUT2D eigenvalue weighted by molar-refractivity contribution is 6.33. The van der Waals surface area contributed by atoms with Crippen LogP contribution in [0, 0.1) is 5.92 Å². The number of hydrogen-bond acceptors (Lipinski definition) is 3. The lowest BCUT2D eigenvalue weighted by Gasteiger charge is -2.31. The van der Waals surface area contributed by atoms with Crippen molar-refractivity contribution in [3.8, 4) is 0 Å². The second kappa shape index (κ2) is 8.15. The van der Waals surface area contributed by atoms with Gasteiger partial charge < -0.3 is 15.3 Å². The molecule has 120 valence electrons. The van der Waals surface area contributed by atoms with Crippen LogP contribution in [0.3, 0.4) is 0 Å². The SMILES string of the molecule is O=C(NCCCO)C1CCN(C(=O)c2ccccc2Cl)CC1. The van der Waals surface area contributed by atoms with Crippen molar-refractivity contribution >= 4 is 23.4 Å². The number of amides is 2. The predicted molar refractivity (Wildman–Crippen MR) is 84.8 cm³/mol. The van der Waals surface area contributed by atoms with Gasteiger partial charge in [-0.2, -0.15) is 0 Å². The normalized spacial score (nSPS) is 15.6. The molecule has 0 aliphatic carbocycles. The zero-order valence-electron chi connectivity index (χ0n) is 12.4. The molecule has 0 spiro atoms. The summed E-state index contributed by atoms with van der Waals surface area (Å²) in [6, 6.07) is 7.01. The summed E-state index contributed by atoms with van der Waals surface area (Å²) >= 11 is 6.06. The zero-order valence-corrected chi connectivity index (χ0v) is 13.2. The number of piperidine rings is 1. The fourth-order valence-electron chi connectivity index (χ4n) is 2.58. The third kappa shape index (κ3) is 4.21. The van der Waals surface area contributed by atoms with Crippen LogP contribution in [-0.4, -0.2) is 48.1 Å². The number of halogens is 1. The minimum atomic E-state index is -0.0789. The summed E-state index contributed by atoms with van der Waals surface area (Å²) in [5.74, 6) is -0.128. The van der Waals surface area contributed by atoms with Gasteiger partial charge in [0.2, 0.25) is 5.91 Å². The van der Waals surface area contributed by atoms with E-state index in [1.54, 1.807) is 29.2 Å². The van der Waals surface area contributed by atoms with E-state index >= 15 is 0 Å². The van der Waals surface area contributed by atoms with Gasteiger partial charge in [-0.15, -0.1) is 0 Å². The Balaban J connectivity index is 1.85. The molecule has 5 nitrogen and oxygen atoms in total. The van der Waals surface area contributed by atoms with Gasteiger partial charge in [-0.25, -0.2) is 0 Å². The minimum absolute atomic E-state index is 0.0123. The minimum Gasteiger partial charge on any atom is -0.396 e. The first-order chi connectivity index (χ1) is 10.6. The fraction of sp³-hybridized carbons (Fsp3) is 0.500. The van der Waals surface area contributed by atoms with Crippen LogP contribution in [0.1, 0.15) is 29.6 Å². The molecular weight excluding hydrogens is 304 g/mol. The van der Waals surface area contributed by atoms with E-state index in [9.17, 15) is 9.59 Å². The first-order valence-electron chi connectivity index (χ1n) is 7.56. The lowest BCUT2D eigenvalue weighted by atomic mass is 9.95. The number of carbonyl (C=O) groups is 2. The Bertz CT molecular complexity index is 528. The van der Waals surface area contributed by atoms with Gasteiger partial charge in [-0.1, -0.05) is 23.7 Å². The van der Waals surface area contributed by atoms with Crippen molar-refractivity contribution in [3.05, 3.63) is 34.9 Å². The van der Waals surface area contributed by atoms with Gasteiger partial charge in [-0.05, 0) is 31.4 Å². The average Bonchev–Trinajstić information content (AvgIpc) is 2.55. The summed E-state index contributed by atoms with van der Waals surface area (Å²) in [4.78, 5) is 26.1. The van der Waals surface area contributed by atoms with Gasteiger partial charge in [0.25, 0.3) is 5.91 Å². The van der Waals surface area contributed by atoms with Crippen molar-refractivity contribution in [1.29, 1.82) is 0 Å². The first-order valence-corrected chi connectivity index (χ1v) is 7.93. The number of benzene rings is 1. The van der Waals surface area contributed by atoms with E-state index in [4.69, 9.17) is 16.7 Å². The lowest BCUT2D eigenvalue weighted by Crippen LogP contribution is -2.43. The molecule has 0 bridgehead atoms. The number of nitrogens with one attached hydrogen (secondary N) is 1. The van der Waals surface area contributed by atoms with Gasteiger partial charge in [-0.3, -0.25) is 9.59 Å². The van der Waals surface area contributed by atoms with Crippen molar-refractivity contribution in [2.45, 2.75) is 19.3 Å². The molecule has 0 atom stereocenters. The van der Waals surface area contributed by atoms with Crippen LogP contribution in [0.4, 0.5) is 0 Å². The Morgan fingerprint density at radius 2 is 1.95 bits per heavy atom. The largest absolute Gasteiger partial charge is 0.396 e. The van der Waals surface area contributed by atoms with E-state index in [2.05, 4.69) is 5.32 Å². The van der Waals surface area contributed by atoms with Crippen LogP contribution in [0.2, 0.25) is 5.02 Å². The summed E-state index contributed by atoms with van der Waals surface area (Å²) in [6.07, 6.45) is 1.87. The summed E-state index contributed by atoms with van der Waals surface area (Å²) in [5, 5.41) is 12.0. The van der Waals surface area contributed by atoms with E-state index in [1.807, 2.05) is 0 Å². The number of likely N-dealkylation sites (tertiary alicyclic amines) is 1. The lowest BCUT2D eigenvalue weighted by molar-refractivity contribution is -0.126. The molecule has 0 unspecified atom stereocenters. The van der Waals surface area contributed by atoms with E-state index in [0.717, 1.165) is 0 Å². The van der Waals surface area contributed by atoms with Crippen LogP contribution in [-0.2, 0) is 4.79 Å². The predicted octanol–water partition coefficient (Wildman–Crippen LogP) is 1.69. The van der Waals surface area contributed by atoms with Crippen molar-refractivity contribution in [3.63, 3.8) is 0 Å². The molecule has 1 fully saturated rings. The molecule has 2 N–H and O–H groups in total. The summed E-state index contributed by atoms with van der Waals surface area (Å²) in [7, 11) is 0. The molecular formula is C16H21ClN2O3. The highest BCUT2D eigenvalue weighted by Crippen LogP contribution is 2.22. The average molecular weight is 325 g/mol. The Kier molecular flexibility index (Phi) is 6.21. The first kappa shape index (κ1) is 16.8. The topological polar surface area (TPSA) is 69.6 Å². The third-order valence-corrected chi connectivity index (χ3v) is 4.22. The van der Waals surface area contributed by atoms with Crippen LogP contribution in [0.15, 0.2) is 24.3 Å².